The molecule has 4 nitrogen and oxygen atoms in total. The molecule has 18 heavy (non-hydrogen) atoms. The molecular weight excluding hydrogens is 228 g/mol. The molecule has 0 unspecified atom stereocenters. The van der Waals surface area contributed by atoms with E-state index in [1.54, 1.807) is 14.2 Å². The molecule has 0 amide bonds. The summed E-state index contributed by atoms with van der Waals surface area (Å²) in [6.45, 7) is 0. The van der Waals surface area contributed by atoms with Crippen LogP contribution in [0.15, 0.2) is 48.5 Å². The average molecular weight is 244 g/mol. The number of nitrogens with one attached hydrogen (secondary N) is 2. The molecule has 2 aromatic rings. The van der Waals surface area contributed by atoms with Crippen LogP contribution in [0.4, 0.5) is 11.4 Å². The van der Waals surface area contributed by atoms with Crippen LogP contribution in [-0.2, 0) is 9.68 Å². The van der Waals surface area contributed by atoms with Crippen molar-refractivity contribution in [2.75, 3.05) is 25.2 Å². The lowest BCUT2D eigenvalue weighted by molar-refractivity contribution is 0.271. The molecule has 0 spiro atoms. The second-order valence-electron chi connectivity index (χ2n) is 3.77. The van der Waals surface area contributed by atoms with E-state index in [1.165, 1.54) is 0 Å². The third-order valence-corrected chi connectivity index (χ3v) is 2.54. The van der Waals surface area contributed by atoms with Crippen LogP contribution in [0, 0.1) is 0 Å². The number of hydrogen-bond donors (Lipinski definition) is 2. The van der Waals surface area contributed by atoms with E-state index in [1.807, 2.05) is 48.5 Å². The maximum atomic E-state index is 4.84. The van der Waals surface area contributed by atoms with Gasteiger partial charge in [0.2, 0.25) is 0 Å². The normalized spacial score (nSPS) is 10.1. The van der Waals surface area contributed by atoms with Crippen LogP contribution in [0.1, 0.15) is 0 Å². The molecule has 4 heteroatoms. The molecule has 0 aliphatic rings. The van der Waals surface area contributed by atoms with E-state index in [9.17, 15) is 0 Å². The highest BCUT2D eigenvalue weighted by molar-refractivity contribution is 5.67. The topological polar surface area (TPSA) is 42.5 Å². The highest BCUT2D eigenvalue weighted by atomic mass is 16.6. The Morgan fingerprint density at radius 2 is 0.944 bits per heavy atom. The van der Waals surface area contributed by atoms with Gasteiger partial charge in [-0.1, -0.05) is 24.3 Å². The Balaban J connectivity index is 2.15. The summed E-state index contributed by atoms with van der Waals surface area (Å²) in [5, 5.41) is 0. The Morgan fingerprint density at radius 3 is 1.22 bits per heavy atom. The highest BCUT2D eigenvalue weighted by Crippen LogP contribution is 2.23. The van der Waals surface area contributed by atoms with Crippen LogP contribution in [0.2, 0.25) is 0 Å². The summed E-state index contributed by atoms with van der Waals surface area (Å²) < 4.78 is 0. The van der Waals surface area contributed by atoms with Gasteiger partial charge in [-0.15, -0.1) is 0 Å². The summed E-state index contributed by atoms with van der Waals surface area (Å²) in [5.74, 6) is 0. The van der Waals surface area contributed by atoms with Gasteiger partial charge in [-0.05, 0) is 35.4 Å². The standard InChI is InChI=1S/C14H16N2O2/c1-17-15-13-7-3-11(4-8-13)12-5-9-14(10-6-12)16-18-2/h3-10,15-16H,1-2H3. The minimum absolute atomic E-state index is 0.930. The van der Waals surface area contributed by atoms with E-state index in [2.05, 4.69) is 11.0 Å². The Bertz CT molecular complexity index is 433. The van der Waals surface area contributed by atoms with Crippen LogP contribution >= 0.6 is 0 Å². The first-order chi connectivity index (χ1) is 8.83. The zero-order chi connectivity index (χ0) is 12.8. The fourth-order valence-electron chi connectivity index (χ4n) is 1.70. The van der Waals surface area contributed by atoms with E-state index in [-0.39, 0.29) is 0 Å². The quantitative estimate of drug-likeness (QED) is 0.792. The van der Waals surface area contributed by atoms with E-state index in [4.69, 9.17) is 9.68 Å². The Labute approximate surface area is 106 Å². The Kier molecular flexibility index (Phi) is 4.17. The average Bonchev–Trinajstić information content (AvgIpc) is 2.41. The van der Waals surface area contributed by atoms with Crippen molar-refractivity contribution >= 4 is 11.4 Å². The summed E-state index contributed by atoms with van der Waals surface area (Å²) in [7, 11) is 3.19. The molecule has 0 fully saturated rings. The fourth-order valence-corrected chi connectivity index (χ4v) is 1.70. The zero-order valence-electron chi connectivity index (χ0n) is 10.4. The smallest absolute Gasteiger partial charge is 0.0636 e. The van der Waals surface area contributed by atoms with Crippen molar-refractivity contribution in [1.82, 2.24) is 0 Å². The number of benzene rings is 2. The summed E-state index contributed by atoms with van der Waals surface area (Å²) in [6, 6.07) is 16.1. The highest BCUT2D eigenvalue weighted by Gasteiger charge is 1.98. The fraction of sp³-hybridized carbons (Fsp3) is 0.143. The summed E-state index contributed by atoms with van der Waals surface area (Å²) >= 11 is 0. The van der Waals surface area contributed by atoms with Gasteiger partial charge in [-0.25, -0.2) is 0 Å². The van der Waals surface area contributed by atoms with Crippen LogP contribution in [0.25, 0.3) is 11.1 Å². The molecule has 0 radical (unpaired) electrons. The van der Waals surface area contributed by atoms with Gasteiger partial charge in [0.25, 0.3) is 0 Å². The molecule has 0 saturated heterocycles. The maximum absolute atomic E-state index is 4.84. The Hall–Kier alpha value is -2.04. The first-order valence-corrected chi connectivity index (χ1v) is 5.62. The van der Waals surface area contributed by atoms with E-state index >= 15 is 0 Å². The van der Waals surface area contributed by atoms with Crippen LogP contribution in [-0.4, -0.2) is 14.2 Å². The van der Waals surface area contributed by atoms with Crippen LogP contribution in [0.5, 0.6) is 0 Å². The molecule has 2 N–H and O–H groups in total. The molecule has 0 aliphatic carbocycles. The molecule has 0 aliphatic heterocycles. The summed E-state index contributed by atoms with van der Waals surface area (Å²) in [4.78, 5) is 9.69. The lowest BCUT2D eigenvalue weighted by Crippen LogP contribution is -1.95. The summed E-state index contributed by atoms with van der Waals surface area (Å²) in [5.41, 5.74) is 9.74. The van der Waals surface area contributed by atoms with Crippen molar-refractivity contribution in [3.05, 3.63) is 48.5 Å². The van der Waals surface area contributed by atoms with Gasteiger partial charge in [-0.3, -0.25) is 20.6 Å². The second kappa shape index (κ2) is 6.05. The third kappa shape index (κ3) is 3.00. The van der Waals surface area contributed by atoms with Gasteiger partial charge in [0, 0.05) is 0 Å². The lowest BCUT2D eigenvalue weighted by atomic mass is 10.1. The molecule has 0 bridgehead atoms. The van der Waals surface area contributed by atoms with Crippen LogP contribution in [0.3, 0.4) is 0 Å². The monoisotopic (exact) mass is 244 g/mol. The molecule has 94 valence electrons. The zero-order valence-corrected chi connectivity index (χ0v) is 10.4. The van der Waals surface area contributed by atoms with Gasteiger partial charge >= 0.3 is 0 Å². The molecule has 2 rings (SSSR count). The SMILES string of the molecule is CONc1ccc(-c2ccc(NOC)cc2)cc1. The van der Waals surface area contributed by atoms with Crippen molar-refractivity contribution in [1.29, 1.82) is 0 Å². The summed E-state index contributed by atoms with van der Waals surface area (Å²) in [6.07, 6.45) is 0. The number of anilines is 2. The van der Waals surface area contributed by atoms with Gasteiger partial charge in [-0.2, -0.15) is 0 Å². The molecular formula is C14H16N2O2. The van der Waals surface area contributed by atoms with Crippen molar-refractivity contribution in [3.8, 4) is 11.1 Å². The van der Waals surface area contributed by atoms with Gasteiger partial charge in [0.05, 0.1) is 25.6 Å². The number of rotatable bonds is 5. The largest absolute Gasteiger partial charge is 0.279 e. The van der Waals surface area contributed by atoms with Gasteiger partial charge < -0.3 is 0 Å². The minimum Gasteiger partial charge on any atom is -0.279 e. The maximum Gasteiger partial charge on any atom is 0.0636 e. The van der Waals surface area contributed by atoms with Crippen molar-refractivity contribution in [3.63, 3.8) is 0 Å². The van der Waals surface area contributed by atoms with Crippen molar-refractivity contribution < 1.29 is 9.68 Å². The van der Waals surface area contributed by atoms with E-state index < -0.39 is 0 Å². The van der Waals surface area contributed by atoms with Crippen molar-refractivity contribution in [2.24, 2.45) is 0 Å². The Morgan fingerprint density at radius 1 is 0.611 bits per heavy atom. The lowest BCUT2D eigenvalue weighted by Gasteiger charge is -2.07. The first kappa shape index (κ1) is 12.4. The van der Waals surface area contributed by atoms with Crippen molar-refractivity contribution in [2.45, 2.75) is 0 Å². The molecule has 0 aromatic heterocycles. The second-order valence-corrected chi connectivity index (χ2v) is 3.77. The van der Waals surface area contributed by atoms with E-state index in [0.717, 1.165) is 22.5 Å². The predicted octanol–water partition coefficient (Wildman–Crippen LogP) is 3.30. The molecule has 2 aromatic carbocycles. The van der Waals surface area contributed by atoms with Gasteiger partial charge in [0.1, 0.15) is 0 Å². The molecule has 0 saturated carbocycles. The molecule has 0 atom stereocenters. The third-order valence-electron chi connectivity index (χ3n) is 2.54. The minimum atomic E-state index is 0.930. The van der Waals surface area contributed by atoms with E-state index in [0.29, 0.717) is 0 Å². The van der Waals surface area contributed by atoms with Gasteiger partial charge in [0.15, 0.2) is 0 Å². The predicted molar refractivity (Wildman–Crippen MR) is 73.1 cm³/mol. The van der Waals surface area contributed by atoms with Crippen LogP contribution < -0.4 is 11.0 Å². The number of hydrogen-bond acceptors (Lipinski definition) is 4. The molecule has 0 heterocycles. The first-order valence-electron chi connectivity index (χ1n) is 5.62.